The Bertz CT molecular complexity index is 936. The number of rotatable bonds is 6. The van der Waals surface area contributed by atoms with Crippen molar-refractivity contribution in [1.29, 1.82) is 0 Å². The maximum absolute atomic E-state index is 12.2. The molecule has 1 unspecified atom stereocenters. The number of amides is 2. The van der Waals surface area contributed by atoms with E-state index in [-0.39, 0.29) is 5.69 Å². The van der Waals surface area contributed by atoms with Crippen molar-refractivity contribution in [3.05, 3.63) is 54.2 Å². The highest BCUT2D eigenvalue weighted by Gasteiger charge is 2.18. The predicted molar refractivity (Wildman–Crippen MR) is 99.4 cm³/mol. The summed E-state index contributed by atoms with van der Waals surface area (Å²) in [5.74, 6) is 0.234. The number of hydrogen-bond donors (Lipinski definition) is 3. The molecule has 3 N–H and O–H groups in total. The summed E-state index contributed by atoms with van der Waals surface area (Å²) in [6.45, 7) is 4.06. The molecular weight excluding hydrogens is 348 g/mol. The van der Waals surface area contributed by atoms with Crippen molar-refractivity contribution in [3.63, 3.8) is 0 Å². The van der Waals surface area contributed by atoms with E-state index in [4.69, 9.17) is 9.47 Å². The van der Waals surface area contributed by atoms with Gasteiger partial charge in [0.15, 0.2) is 11.8 Å². The van der Waals surface area contributed by atoms with E-state index in [2.05, 4.69) is 21.0 Å². The number of carbonyl (C=O) groups is 2. The zero-order chi connectivity index (χ0) is 19.2. The monoisotopic (exact) mass is 368 g/mol. The lowest BCUT2D eigenvalue weighted by Crippen LogP contribution is -2.47. The fourth-order valence-corrected chi connectivity index (χ4v) is 2.45. The molecule has 1 atom stereocenters. The number of fused-ring (bicyclic) bond motifs is 1. The average Bonchev–Trinajstić information content (AvgIpc) is 3.12. The Balaban J connectivity index is 1.54. The van der Waals surface area contributed by atoms with Crippen LogP contribution < -0.4 is 20.3 Å². The Hall–Kier alpha value is -3.55. The van der Waals surface area contributed by atoms with Gasteiger partial charge in [0, 0.05) is 5.39 Å². The smallest absolute Gasteiger partial charge is 0.290 e. The fourth-order valence-electron chi connectivity index (χ4n) is 2.45. The van der Waals surface area contributed by atoms with Gasteiger partial charge in [0.05, 0.1) is 12.1 Å². The lowest BCUT2D eigenvalue weighted by atomic mass is 10.2. The van der Waals surface area contributed by atoms with Crippen LogP contribution in [0, 0.1) is 0 Å². The summed E-state index contributed by atoms with van der Waals surface area (Å²) >= 11 is 0. The van der Waals surface area contributed by atoms with Gasteiger partial charge in [-0.3, -0.25) is 25.5 Å². The van der Waals surface area contributed by atoms with E-state index < -0.39 is 17.9 Å². The zero-order valence-corrected chi connectivity index (χ0v) is 15.0. The number of aromatic amines is 1. The van der Waals surface area contributed by atoms with E-state index in [0.717, 1.165) is 11.3 Å². The number of hydrogen-bond acceptors (Lipinski definition) is 5. The third-order valence-electron chi connectivity index (χ3n) is 3.80. The highest BCUT2D eigenvalue weighted by atomic mass is 16.5. The summed E-state index contributed by atoms with van der Waals surface area (Å²) < 4.78 is 10.9. The van der Waals surface area contributed by atoms with Crippen molar-refractivity contribution in [2.45, 2.75) is 20.0 Å². The van der Waals surface area contributed by atoms with Gasteiger partial charge in [-0.05, 0) is 44.2 Å². The molecule has 0 saturated heterocycles. The molecule has 1 heterocycles. The van der Waals surface area contributed by atoms with E-state index >= 15 is 0 Å². The van der Waals surface area contributed by atoms with Gasteiger partial charge in [0.1, 0.15) is 11.5 Å². The second-order valence-electron chi connectivity index (χ2n) is 5.73. The van der Waals surface area contributed by atoms with Gasteiger partial charge in [0.25, 0.3) is 11.8 Å². The topological polar surface area (TPSA) is 105 Å². The second-order valence-corrected chi connectivity index (χ2v) is 5.73. The quantitative estimate of drug-likeness (QED) is 0.579. The molecule has 2 amide bonds. The maximum Gasteiger partial charge on any atom is 0.290 e. The van der Waals surface area contributed by atoms with Crippen LogP contribution in [0.4, 0.5) is 0 Å². The number of nitrogens with zero attached hydrogens (tertiary/aromatic N) is 1. The van der Waals surface area contributed by atoms with Gasteiger partial charge in [-0.1, -0.05) is 18.2 Å². The van der Waals surface area contributed by atoms with Gasteiger partial charge in [-0.25, -0.2) is 0 Å². The Kier molecular flexibility index (Phi) is 5.55. The molecule has 3 rings (SSSR count). The first-order chi connectivity index (χ1) is 13.1. The third-order valence-corrected chi connectivity index (χ3v) is 3.80. The summed E-state index contributed by atoms with van der Waals surface area (Å²) in [5.41, 5.74) is 5.63. The highest BCUT2D eigenvalue weighted by Crippen LogP contribution is 2.18. The molecule has 1 aromatic heterocycles. The van der Waals surface area contributed by atoms with Gasteiger partial charge in [-0.2, -0.15) is 5.10 Å². The first-order valence-electron chi connectivity index (χ1n) is 8.51. The molecule has 140 valence electrons. The van der Waals surface area contributed by atoms with Gasteiger partial charge in [0.2, 0.25) is 0 Å². The SMILES string of the molecule is CCOc1ccc(OC(C)C(=O)NNC(=O)c2n[nH]c3ccccc23)cc1. The number of hydrazine groups is 1. The van der Waals surface area contributed by atoms with Crippen molar-refractivity contribution in [3.8, 4) is 11.5 Å². The standard InChI is InChI=1S/C19H20N4O4/c1-3-26-13-8-10-14(11-9-13)27-12(2)18(24)22-23-19(25)17-15-6-4-5-7-16(15)20-21-17/h4-12H,3H2,1-2H3,(H,20,21)(H,22,24)(H,23,25). The largest absolute Gasteiger partial charge is 0.494 e. The van der Waals surface area contributed by atoms with E-state index in [0.29, 0.717) is 17.7 Å². The van der Waals surface area contributed by atoms with E-state index in [1.54, 1.807) is 43.3 Å². The Morgan fingerprint density at radius 1 is 1.07 bits per heavy atom. The minimum absolute atomic E-state index is 0.200. The molecule has 0 bridgehead atoms. The molecular formula is C19H20N4O4. The summed E-state index contributed by atoms with van der Waals surface area (Å²) in [7, 11) is 0. The van der Waals surface area contributed by atoms with Crippen LogP contribution in [0.1, 0.15) is 24.3 Å². The van der Waals surface area contributed by atoms with Crippen molar-refractivity contribution in [2.75, 3.05) is 6.61 Å². The predicted octanol–water partition coefficient (Wildman–Crippen LogP) is 2.19. The Morgan fingerprint density at radius 2 is 1.78 bits per heavy atom. The van der Waals surface area contributed by atoms with Gasteiger partial charge >= 0.3 is 0 Å². The number of para-hydroxylation sites is 1. The van der Waals surface area contributed by atoms with Crippen molar-refractivity contribution in [2.24, 2.45) is 0 Å². The van der Waals surface area contributed by atoms with Crippen molar-refractivity contribution >= 4 is 22.7 Å². The first kappa shape index (κ1) is 18.2. The number of ether oxygens (including phenoxy) is 2. The number of aromatic nitrogens is 2. The second kappa shape index (κ2) is 8.22. The molecule has 3 aromatic rings. The molecule has 8 heteroatoms. The summed E-state index contributed by atoms with van der Waals surface area (Å²) in [6, 6.07) is 14.2. The zero-order valence-electron chi connectivity index (χ0n) is 15.0. The van der Waals surface area contributed by atoms with Crippen molar-refractivity contribution in [1.82, 2.24) is 21.0 Å². The molecule has 0 aliphatic heterocycles. The van der Waals surface area contributed by atoms with Crippen LogP contribution in [0.15, 0.2) is 48.5 Å². The third kappa shape index (κ3) is 4.35. The lowest BCUT2D eigenvalue weighted by Gasteiger charge is -2.15. The number of carbonyl (C=O) groups excluding carboxylic acids is 2. The van der Waals surface area contributed by atoms with Crippen LogP contribution >= 0.6 is 0 Å². The minimum Gasteiger partial charge on any atom is -0.494 e. The van der Waals surface area contributed by atoms with Crippen molar-refractivity contribution < 1.29 is 19.1 Å². The van der Waals surface area contributed by atoms with Crippen LogP contribution in [0.2, 0.25) is 0 Å². The van der Waals surface area contributed by atoms with Crippen LogP contribution in [0.25, 0.3) is 10.9 Å². The van der Waals surface area contributed by atoms with E-state index in [9.17, 15) is 9.59 Å². The maximum atomic E-state index is 12.2. The molecule has 0 aliphatic rings. The number of H-pyrrole nitrogens is 1. The summed E-state index contributed by atoms with van der Waals surface area (Å²) in [4.78, 5) is 24.4. The van der Waals surface area contributed by atoms with Gasteiger partial charge in [-0.15, -0.1) is 0 Å². The molecule has 0 radical (unpaired) electrons. The fraction of sp³-hybridized carbons (Fsp3) is 0.211. The molecule has 27 heavy (non-hydrogen) atoms. The Morgan fingerprint density at radius 3 is 2.52 bits per heavy atom. The lowest BCUT2D eigenvalue weighted by molar-refractivity contribution is -0.128. The summed E-state index contributed by atoms with van der Waals surface area (Å²) in [6.07, 6.45) is -0.806. The highest BCUT2D eigenvalue weighted by molar-refractivity contribution is 6.05. The van der Waals surface area contributed by atoms with Crippen LogP contribution in [-0.4, -0.2) is 34.7 Å². The van der Waals surface area contributed by atoms with E-state index in [1.807, 2.05) is 19.1 Å². The minimum atomic E-state index is -0.806. The molecule has 0 spiro atoms. The average molecular weight is 368 g/mol. The molecule has 2 aromatic carbocycles. The van der Waals surface area contributed by atoms with Gasteiger partial charge < -0.3 is 9.47 Å². The molecule has 8 nitrogen and oxygen atoms in total. The van der Waals surface area contributed by atoms with Crippen LogP contribution in [0.5, 0.6) is 11.5 Å². The van der Waals surface area contributed by atoms with Crippen LogP contribution in [-0.2, 0) is 4.79 Å². The molecule has 0 aliphatic carbocycles. The van der Waals surface area contributed by atoms with Crippen LogP contribution in [0.3, 0.4) is 0 Å². The first-order valence-corrected chi connectivity index (χ1v) is 8.51. The number of nitrogens with one attached hydrogen (secondary N) is 3. The number of benzene rings is 2. The molecule has 0 fully saturated rings. The Labute approximate surface area is 155 Å². The van der Waals surface area contributed by atoms with E-state index in [1.165, 1.54) is 0 Å². The molecule has 0 saturated carbocycles. The summed E-state index contributed by atoms with van der Waals surface area (Å²) in [5, 5.41) is 7.41. The normalized spacial score (nSPS) is 11.6.